The molecule has 0 spiro atoms. The van der Waals surface area contributed by atoms with Crippen molar-refractivity contribution in [2.45, 2.75) is 71.5 Å². The van der Waals surface area contributed by atoms with E-state index in [9.17, 15) is 18.0 Å². The number of benzene rings is 2. The fourth-order valence-corrected chi connectivity index (χ4v) is 5.23. The van der Waals surface area contributed by atoms with Crippen LogP contribution in [0.3, 0.4) is 0 Å². The first-order valence-corrected chi connectivity index (χ1v) is 14.2. The maximum absolute atomic E-state index is 13.6. The second-order valence-corrected chi connectivity index (χ2v) is 11.4. The van der Waals surface area contributed by atoms with E-state index in [4.69, 9.17) is 0 Å². The van der Waals surface area contributed by atoms with Gasteiger partial charge >= 0.3 is 0 Å². The second-order valence-electron chi connectivity index (χ2n) is 9.46. The summed E-state index contributed by atoms with van der Waals surface area (Å²) in [5, 5.41) is 3.07. The Bertz CT molecular complexity index is 1110. The molecule has 1 aliphatic rings. The van der Waals surface area contributed by atoms with Crippen LogP contribution in [0.1, 0.15) is 56.2 Å². The Morgan fingerprint density at radius 2 is 1.57 bits per heavy atom. The van der Waals surface area contributed by atoms with Crippen LogP contribution in [-0.4, -0.2) is 50.0 Å². The van der Waals surface area contributed by atoms with E-state index in [-0.39, 0.29) is 25.0 Å². The summed E-state index contributed by atoms with van der Waals surface area (Å²) in [7, 11) is -3.72. The molecule has 1 N–H and O–H groups in total. The minimum absolute atomic E-state index is 0.130. The molecule has 1 saturated carbocycles. The summed E-state index contributed by atoms with van der Waals surface area (Å²) in [5.41, 5.74) is 3.48. The topological polar surface area (TPSA) is 86.8 Å². The molecule has 2 aromatic carbocycles. The molecule has 0 saturated heterocycles. The summed E-state index contributed by atoms with van der Waals surface area (Å²) in [6.07, 6.45) is 5.99. The number of hydrogen-bond donors (Lipinski definition) is 1. The Labute approximate surface area is 209 Å². The van der Waals surface area contributed by atoms with E-state index in [1.807, 2.05) is 50.2 Å². The average Bonchev–Trinajstić information content (AvgIpc) is 3.34. The number of carbonyl (C=O) groups is 2. The highest BCUT2D eigenvalue weighted by molar-refractivity contribution is 7.92. The first-order chi connectivity index (χ1) is 16.6. The average molecular weight is 500 g/mol. The number of hydrogen-bond acceptors (Lipinski definition) is 4. The molecule has 8 heteroatoms. The third-order valence-electron chi connectivity index (χ3n) is 6.65. The minimum atomic E-state index is -3.72. The number of amides is 2. The van der Waals surface area contributed by atoms with E-state index in [2.05, 4.69) is 5.32 Å². The van der Waals surface area contributed by atoms with Gasteiger partial charge in [-0.2, -0.15) is 0 Å². The molecule has 0 bridgehead atoms. The lowest BCUT2D eigenvalue weighted by Gasteiger charge is -2.32. The van der Waals surface area contributed by atoms with Crippen molar-refractivity contribution in [2.24, 2.45) is 0 Å². The van der Waals surface area contributed by atoms with Crippen molar-refractivity contribution >= 4 is 27.5 Å². The van der Waals surface area contributed by atoms with Crippen molar-refractivity contribution in [3.05, 3.63) is 65.2 Å². The summed E-state index contributed by atoms with van der Waals surface area (Å²) in [6.45, 7) is 5.55. The zero-order chi connectivity index (χ0) is 25.6. The molecule has 1 aliphatic carbocycles. The van der Waals surface area contributed by atoms with Crippen LogP contribution in [0, 0.1) is 6.92 Å². The zero-order valence-corrected chi connectivity index (χ0v) is 22.0. The molecule has 35 heavy (non-hydrogen) atoms. The number of sulfonamides is 1. The molecule has 0 heterocycles. The minimum Gasteiger partial charge on any atom is -0.352 e. The van der Waals surface area contributed by atoms with Crippen LogP contribution in [0.5, 0.6) is 0 Å². The molecular weight excluding hydrogens is 462 g/mol. The zero-order valence-electron chi connectivity index (χ0n) is 21.2. The van der Waals surface area contributed by atoms with Gasteiger partial charge in [0, 0.05) is 12.6 Å². The van der Waals surface area contributed by atoms with Crippen LogP contribution in [0.15, 0.2) is 48.5 Å². The van der Waals surface area contributed by atoms with E-state index in [0.29, 0.717) is 5.69 Å². The number of aryl methyl sites for hydroxylation is 2. The number of carbonyl (C=O) groups excluding carboxylic acids is 2. The summed E-state index contributed by atoms with van der Waals surface area (Å²) in [4.78, 5) is 28.1. The lowest BCUT2D eigenvalue weighted by molar-refractivity contribution is -0.139. The standard InChI is InChI=1S/C27H37N3O4S/c1-5-22-14-16-25(17-15-22)30(35(4,33)34)19-26(31)29(18-23-12-10-20(2)11-13-23)21(3)27(32)28-24-8-6-7-9-24/h10-17,21,24H,5-9,18-19H2,1-4H3,(H,28,32)/t21-/m1/s1. The van der Waals surface area contributed by atoms with E-state index in [1.165, 1.54) is 4.90 Å². The van der Waals surface area contributed by atoms with Crippen LogP contribution in [0.2, 0.25) is 0 Å². The SMILES string of the molecule is CCc1ccc(N(CC(=O)N(Cc2ccc(C)cc2)[C@H](C)C(=O)NC2CCCC2)S(C)(=O)=O)cc1. The molecule has 0 aromatic heterocycles. The molecule has 0 unspecified atom stereocenters. The molecule has 0 radical (unpaired) electrons. The molecular formula is C27H37N3O4S. The van der Waals surface area contributed by atoms with Gasteiger partial charge in [-0.1, -0.05) is 61.7 Å². The van der Waals surface area contributed by atoms with Gasteiger partial charge in [-0.3, -0.25) is 13.9 Å². The fraction of sp³-hybridized carbons (Fsp3) is 0.481. The molecule has 2 aromatic rings. The number of nitrogens with zero attached hydrogens (tertiary/aromatic N) is 2. The lowest BCUT2D eigenvalue weighted by atomic mass is 10.1. The van der Waals surface area contributed by atoms with Gasteiger partial charge in [-0.15, -0.1) is 0 Å². The van der Waals surface area contributed by atoms with E-state index in [0.717, 1.165) is 59.4 Å². The summed E-state index contributed by atoms with van der Waals surface area (Å²) in [5.74, 6) is -0.639. The Morgan fingerprint density at radius 1 is 1.00 bits per heavy atom. The first kappa shape index (κ1) is 26.7. The first-order valence-electron chi connectivity index (χ1n) is 12.3. The molecule has 1 fully saturated rings. The molecule has 7 nitrogen and oxygen atoms in total. The number of nitrogens with one attached hydrogen (secondary N) is 1. The van der Waals surface area contributed by atoms with Gasteiger partial charge < -0.3 is 10.2 Å². The lowest BCUT2D eigenvalue weighted by Crippen LogP contribution is -2.52. The van der Waals surface area contributed by atoms with Crippen LogP contribution in [0.25, 0.3) is 0 Å². The Kier molecular flexibility index (Phi) is 8.94. The number of rotatable bonds is 10. The third kappa shape index (κ3) is 7.31. The van der Waals surface area contributed by atoms with E-state index >= 15 is 0 Å². The largest absolute Gasteiger partial charge is 0.352 e. The maximum Gasteiger partial charge on any atom is 0.244 e. The molecule has 2 amide bonds. The predicted molar refractivity (Wildman–Crippen MR) is 140 cm³/mol. The van der Waals surface area contributed by atoms with Gasteiger partial charge in [0.2, 0.25) is 21.8 Å². The van der Waals surface area contributed by atoms with Crippen molar-refractivity contribution in [2.75, 3.05) is 17.1 Å². The normalized spacial score (nSPS) is 15.0. The van der Waals surface area contributed by atoms with Crippen LogP contribution in [-0.2, 0) is 32.6 Å². The highest BCUT2D eigenvalue weighted by Crippen LogP contribution is 2.21. The molecule has 1 atom stereocenters. The Balaban J connectivity index is 1.86. The predicted octanol–water partition coefficient (Wildman–Crippen LogP) is 3.80. The van der Waals surface area contributed by atoms with E-state index < -0.39 is 22.0 Å². The molecule has 3 rings (SSSR count). The third-order valence-corrected chi connectivity index (χ3v) is 7.79. The maximum atomic E-state index is 13.6. The Morgan fingerprint density at radius 3 is 2.11 bits per heavy atom. The van der Waals surface area contributed by atoms with Gasteiger partial charge in [0.05, 0.1) is 11.9 Å². The van der Waals surface area contributed by atoms with Crippen LogP contribution >= 0.6 is 0 Å². The number of anilines is 1. The molecule has 0 aliphatic heterocycles. The van der Waals surface area contributed by atoms with Gasteiger partial charge in [0.1, 0.15) is 12.6 Å². The van der Waals surface area contributed by atoms with Crippen molar-refractivity contribution in [1.29, 1.82) is 0 Å². The fourth-order valence-electron chi connectivity index (χ4n) is 4.38. The van der Waals surface area contributed by atoms with Crippen molar-refractivity contribution in [3.63, 3.8) is 0 Å². The van der Waals surface area contributed by atoms with Crippen LogP contribution in [0.4, 0.5) is 5.69 Å². The van der Waals surface area contributed by atoms with Crippen LogP contribution < -0.4 is 9.62 Å². The summed E-state index contributed by atoms with van der Waals surface area (Å²) < 4.78 is 26.4. The van der Waals surface area contributed by atoms with Crippen molar-refractivity contribution in [1.82, 2.24) is 10.2 Å². The summed E-state index contributed by atoms with van der Waals surface area (Å²) >= 11 is 0. The van der Waals surface area contributed by atoms with Gasteiger partial charge in [-0.25, -0.2) is 8.42 Å². The second kappa shape index (κ2) is 11.7. The Hall–Kier alpha value is -2.87. The monoisotopic (exact) mass is 499 g/mol. The van der Waals surface area contributed by atoms with Gasteiger partial charge in [0.15, 0.2) is 0 Å². The highest BCUT2D eigenvalue weighted by atomic mass is 32.2. The van der Waals surface area contributed by atoms with Gasteiger partial charge in [-0.05, 0) is 56.4 Å². The summed E-state index contributed by atoms with van der Waals surface area (Å²) in [6, 6.07) is 14.3. The highest BCUT2D eigenvalue weighted by Gasteiger charge is 2.31. The quantitative estimate of drug-likeness (QED) is 0.539. The molecule has 190 valence electrons. The van der Waals surface area contributed by atoms with Crippen molar-refractivity contribution < 1.29 is 18.0 Å². The van der Waals surface area contributed by atoms with Crippen molar-refractivity contribution in [3.8, 4) is 0 Å². The smallest absolute Gasteiger partial charge is 0.244 e. The van der Waals surface area contributed by atoms with Gasteiger partial charge in [0.25, 0.3) is 0 Å². The van der Waals surface area contributed by atoms with E-state index in [1.54, 1.807) is 19.1 Å².